The van der Waals surface area contributed by atoms with Crippen molar-refractivity contribution in [1.82, 2.24) is 20.5 Å². The lowest BCUT2D eigenvalue weighted by atomic mass is 10.0. The number of hydrogen-bond acceptors (Lipinski definition) is 5. The van der Waals surface area contributed by atoms with Gasteiger partial charge in [0.15, 0.2) is 11.1 Å². The van der Waals surface area contributed by atoms with Crippen molar-refractivity contribution < 1.29 is 0 Å². The summed E-state index contributed by atoms with van der Waals surface area (Å²) in [7, 11) is 0. The van der Waals surface area contributed by atoms with E-state index in [9.17, 15) is 0 Å². The van der Waals surface area contributed by atoms with Crippen LogP contribution >= 0.6 is 35.3 Å². The molecule has 1 aromatic heterocycles. The van der Waals surface area contributed by atoms with Gasteiger partial charge in [-0.15, -0.1) is 35.3 Å². The highest BCUT2D eigenvalue weighted by atomic mass is 127. The maximum Gasteiger partial charge on any atom is 0.191 e. The fourth-order valence-electron chi connectivity index (χ4n) is 3.88. The molecule has 0 saturated carbocycles. The number of nitrogens with zero attached hydrogens (tertiary/aromatic N) is 4. The topological polar surface area (TPSA) is 55.8 Å². The molecule has 0 spiro atoms. The van der Waals surface area contributed by atoms with Crippen molar-refractivity contribution >= 4 is 46.4 Å². The van der Waals surface area contributed by atoms with Gasteiger partial charge in [-0.3, -0.25) is 9.89 Å². The Kier molecular flexibility index (Phi) is 10.7. The van der Waals surface area contributed by atoms with Gasteiger partial charge in [0, 0.05) is 63.7 Å². The standard InChI is InChI=1S/C21H36N6S.HI/c1-4-22-20(24-18-8-13-26(14-9-18)15-17(2)3)23-10-7-19-16-28-21(25-19)27-11-5-6-12-27;/h16,18H,2,4-15H2,1,3H3,(H2,22,23,24);1H. The minimum absolute atomic E-state index is 0. The van der Waals surface area contributed by atoms with Crippen molar-refractivity contribution in [3.05, 3.63) is 23.2 Å². The molecule has 6 nitrogen and oxygen atoms in total. The molecule has 0 aliphatic carbocycles. The average Bonchev–Trinajstić information content (AvgIpc) is 3.34. The van der Waals surface area contributed by atoms with Crippen LogP contribution in [0, 0.1) is 0 Å². The molecule has 0 atom stereocenters. The summed E-state index contributed by atoms with van der Waals surface area (Å²) in [5, 5.41) is 10.4. The summed E-state index contributed by atoms with van der Waals surface area (Å²) in [6, 6.07) is 0.500. The summed E-state index contributed by atoms with van der Waals surface area (Å²) in [5.74, 6) is 0.941. The molecular weight excluding hydrogens is 495 g/mol. The van der Waals surface area contributed by atoms with Crippen LogP contribution in [0.15, 0.2) is 22.5 Å². The van der Waals surface area contributed by atoms with Crippen LogP contribution in [-0.2, 0) is 6.42 Å². The molecule has 1 aromatic rings. The van der Waals surface area contributed by atoms with Gasteiger partial charge < -0.3 is 15.5 Å². The first-order valence-electron chi connectivity index (χ1n) is 10.7. The van der Waals surface area contributed by atoms with Crippen molar-refractivity contribution in [2.75, 3.05) is 50.7 Å². The van der Waals surface area contributed by atoms with Crippen molar-refractivity contribution in [2.24, 2.45) is 4.99 Å². The summed E-state index contributed by atoms with van der Waals surface area (Å²) in [4.78, 5) is 14.5. The molecule has 3 heterocycles. The van der Waals surface area contributed by atoms with E-state index in [1.54, 1.807) is 11.3 Å². The quantitative estimate of drug-likeness (QED) is 0.232. The molecule has 2 saturated heterocycles. The van der Waals surface area contributed by atoms with Crippen molar-refractivity contribution in [3.63, 3.8) is 0 Å². The first-order valence-corrected chi connectivity index (χ1v) is 11.6. The molecule has 0 amide bonds. The molecule has 0 radical (unpaired) electrons. The number of guanidine groups is 1. The number of aliphatic imine (C=N–C) groups is 1. The summed E-state index contributed by atoms with van der Waals surface area (Å²) in [5.41, 5.74) is 2.41. The zero-order valence-electron chi connectivity index (χ0n) is 18.0. The molecule has 2 aliphatic heterocycles. The van der Waals surface area contributed by atoms with Crippen LogP contribution in [0.25, 0.3) is 0 Å². The smallest absolute Gasteiger partial charge is 0.191 e. The van der Waals surface area contributed by atoms with Crippen LogP contribution < -0.4 is 15.5 Å². The van der Waals surface area contributed by atoms with Gasteiger partial charge in [0.1, 0.15) is 0 Å². The fourth-order valence-corrected chi connectivity index (χ4v) is 4.79. The van der Waals surface area contributed by atoms with E-state index in [0.29, 0.717) is 6.04 Å². The van der Waals surface area contributed by atoms with E-state index in [1.807, 2.05) is 0 Å². The lowest BCUT2D eigenvalue weighted by Gasteiger charge is -2.33. The summed E-state index contributed by atoms with van der Waals surface area (Å²) < 4.78 is 0. The van der Waals surface area contributed by atoms with Crippen LogP contribution in [-0.4, -0.2) is 67.7 Å². The van der Waals surface area contributed by atoms with Gasteiger partial charge in [0.25, 0.3) is 0 Å². The largest absolute Gasteiger partial charge is 0.357 e. The Morgan fingerprint density at radius 1 is 1.28 bits per heavy atom. The number of halogens is 1. The maximum atomic E-state index is 4.80. The second-order valence-corrected chi connectivity index (χ2v) is 8.81. The highest BCUT2D eigenvalue weighted by Crippen LogP contribution is 2.24. The molecule has 2 aliphatic rings. The third-order valence-electron chi connectivity index (χ3n) is 5.32. The Morgan fingerprint density at radius 3 is 2.66 bits per heavy atom. The number of nitrogens with one attached hydrogen (secondary N) is 2. The van der Waals surface area contributed by atoms with Gasteiger partial charge in [-0.25, -0.2) is 4.98 Å². The molecule has 3 rings (SSSR count). The number of rotatable bonds is 8. The van der Waals surface area contributed by atoms with Crippen LogP contribution in [0.3, 0.4) is 0 Å². The van der Waals surface area contributed by atoms with Gasteiger partial charge in [-0.2, -0.15) is 0 Å². The number of thiazole rings is 1. The predicted molar refractivity (Wildman–Crippen MR) is 136 cm³/mol. The lowest BCUT2D eigenvalue weighted by Crippen LogP contribution is -2.49. The molecule has 0 bridgehead atoms. The van der Waals surface area contributed by atoms with E-state index >= 15 is 0 Å². The summed E-state index contributed by atoms with van der Waals surface area (Å²) >= 11 is 1.77. The van der Waals surface area contributed by atoms with Gasteiger partial charge >= 0.3 is 0 Å². The first-order chi connectivity index (χ1) is 13.6. The molecule has 164 valence electrons. The molecule has 29 heavy (non-hydrogen) atoms. The Morgan fingerprint density at radius 2 is 2.00 bits per heavy atom. The van der Waals surface area contributed by atoms with Gasteiger partial charge in [-0.05, 0) is 39.5 Å². The van der Waals surface area contributed by atoms with E-state index in [2.05, 4.69) is 46.2 Å². The first kappa shape index (κ1) is 24.4. The third kappa shape index (κ3) is 8.05. The zero-order valence-corrected chi connectivity index (χ0v) is 21.1. The monoisotopic (exact) mass is 532 g/mol. The predicted octanol–water partition coefficient (Wildman–Crippen LogP) is 3.50. The van der Waals surface area contributed by atoms with E-state index in [1.165, 1.54) is 29.2 Å². The lowest BCUT2D eigenvalue weighted by molar-refractivity contribution is 0.221. The van der Waals surface area contributed by atoms with E-state index in [0.717, 1.165) is 71.0 Å². The third-order valence-corrected chi connectivity index (χ3v) is 6.27. The maximum absolute atomic E-state index is 4.80. The minimum atomic E-state index is 0. The van der Waals surface area contributed by atoms with Gasteiger partial charge in [0.05, 0.1) is 5.69 Å². The highest BCUT2D eigenvalue weighted by Gasteiger charge is 2.20. The molecule has 0 aromatic carbocycles. The summed E-state index contributed by atoms with van der Waals surface area (Å²) in [6.45, 7) is 15.5. The molecule has 8 heteroatoms. The van der Waals surface area contributed by atoms with Crippen LogP contribution in [0.4, 0.5) is 5.13 Å². The van der Waals surface area contributed by atoms with E-state index in [4.69, 9.17) is 9.98 Å². The number of anilines is 1. The van der Waals surface area contributed by atoms with Crippen molar-refractivity contribution in [1.29, 1.82) is 0 Å². The van der Waals surface area contributed by atoms with Crippen molar-refractivity contribution in [2.45, 2.75) is 52.0 Å². The number of hydrogen-bond donors (Lipinski definition) is 2. The summed E-state index contributed by atoms with van der Waals surface area (Å²) in [6.07, 6.45) is 5.80. The Hall–Kier alpha value is -0.870. The number of likely N-dealkylation sites (tertiary alicyclic amines) is 1. The Bertz CT molecular complexity index is 647. The van der Waals surface area contributed by atoms with Crippen LogP contribution in [0.2, 0.25) is 0 Å². The zero-order chi connectivity index (χ0) is 19.8. The fraction of sp³-hybridized carbons (Fsp3) is 0.714. The molecule has 2 N–H and O–H groups in total. The van der Waals surface area contributed by atoms with E-state index < -0.39 is 0 Å². The van der Waals surface area contributed by atoms with Crippen molar-refractivity contribution in [3.8, 4) is 0 Å². The second kappa shape index (κ2) is 12.7. The Balaban J connectivity index is 0.00000300. The van der Waals surface area contributed by atoms with Gasteiger partial charge in [-0.1, -0.05) is 12.2 Å². The molecular formula is C21H37IN6S. The highest BCUT2D eigenvalue weighted by molar-refractivity contribution is 14.0. The molecule has 2 fully saturated rings. The number of piperidine rings is 1. The normalized spacial score (nSPS) is 18.6. The second-order valence-electron chi connectivity index (χ2n) is 7.98. The Labute approximate surface area is 197 Å². The SMILES string of the molecule is C=C(C)CN1CCC(NC(=NCCc2csc(N3CCCC3)n2)NCC)CC1.I. The number of aromatic nitrogens is 1. The van der Waals surface area contributed by atoms with Crippen LogP contribution in [0.5, 0.6) is 0 Å². The van der Waals surface area contributed by atoms with Crippen LogP contribution in [0.1, 0.15) is 45.2 Å². The molecule has 0 unspecified atom stereocenters. The minimum Gasteiger partial charge on any atom is -0.357 e. The van der Waals surface area contributed by atoms with Gasteiger partial charge in [0.2, 0.25) is 0 Å². The average molecular weight is 533 g/mol. The van der Waals surface area contributed by atoms with E-state index in [-0.39, 0.29) is 24.0 Å².